The van der Waals surface area contributed by atoms with E-state index in [1.807, 2.05) is 51.1 Å². The molecule has 2 amide bonds. The zero-order valence-electron chi connectivity index (χ0n) is 14.6. The van der Waals surface area contributed by atoms with Gasteiger partial charge in [-0.25, -0.2) is 0 Å². The Kier molecular flexibility index (Phi) is 4.39. The van der Waals surface area contributed by atoms with E-state index in [2.05, 4.69) is 5.32 Å². The number of benzene rings is 2. The van der Waals surface area contributed by atoms with Gasteiger partial charge >= 0.3 is 0 Å². The molecule has 5 heteroatoms. The molecule has 128 valence electrons. The van der Waals surface area contributed by atoms with Crippen LogP contribution in [0.25, 0.3) is 5.57 Å². The van der Waals surface area contributed by atoms with Gasteiger partial charge in [0.2, 0.25) is 0 Å². The van der Waals surface area contributed by atoms with Crippen LogP contribution in [-0.4, -0.2) is 23.8 Å². The fourth-order valence-electron chi connectivity index (χ4n) is 2.74. The van der Waals surface area contributed by atoms with E-state index in [9.17, 15) is 9.59 Å². The van der Waals surface area contributed by atoms with E-state index in [0.29, 0.717) is 16.3 Å². The van der Waals surface area contributed by atoms with E-state index >= 15 is 0 Å². The molecule has 0 bridgehead atoms. The molecule has 2 aromatic rings. The van der Waals surface area contributed by atoms with Gasteiger partial charge in [-0.15, -0.1) is 0 Å². The number of hydrogen-bond donors (Lipinski definition) is 1. The van der Waals surface area contributed by atoms with Crippen LogP contribution in [0.15, 0.2) is 42.1 Å². The van der Waals surface area contributed by atoms with E-state index < -0.39 is 0 Å². The molecule has 0 aliphatic carbocycles. The highest BCUT2D eigenvalue weighted by atomic mass is 35.5. The molecule has 0 saturated heterocycles. The van der Waals surface area contributed by atoms with Crippen LogP contribution in [-0.2, 0) is 9.59 Å². The van der Waals surface area contributed by atoms with Gasteiger partial charge < -0.3 is 5.32 Å². The van der Waals surface area contributed by atoms with Gasteiger partial charge in [0.15, 0.2) is 0 Å². The van der Waals surface area contributed by atoms with E-state index in [4.69, 9.17) is 11.6 Å². The number of hydrogen-bond acceptors (Lipinski definition) is 3. The third-order valence-corrected chi connectivity index (χ3v) is 4.93. The molecule has 1 aliphatic heterocycles. The summed E-state index contributed by atoms with van der Waals surface area (Å²) < 4.78 is 0. The highest BCUT2D eigenvalue weighted by Crippen LogP contribution is 2.31. The molecular formula is C20H19ClN2O2. The lowest BCUT2D eigenvalue weighted by Gasteiger charge is -2.10. The summed E-state index contributed by atoms with van der Waals surface area (Å²) in [5.41, 5.74) is 5.20. The molecule has 0 atom stereocenters. The number of anilines is 1. The number of nitrogens with one attached hydrogen (secondary N) is 1. The summed E-state index contributed by atoms with van der Waals surface area (Å²) in [5, 5.41) is 3.69. The Morgan fingerprint density at radius 1 is 0.880 bits per heavy atom. The Bertz CT molecular complexity index is 931. The zero-order valence-corrected chi connectivity index (χ0v) is 15.4. The minimum absolute atomic E-state index is 0.274. The maximum absolute atomic E-state index is 12.6. The third-order valence-electron chi connectivity index (χ3n) is 4.52. The van der Waals surface area contributed by atoms with Crippen LogP contribution in [0.5, 0.6) is 0 Å². The van der Waals surface area contributed by atoms with Crippen molar-refractivity contribution in [3.63, 3.8) is 0 Å². The van der Waals surface area contributed by atoms with E-state index in [1.54, 1.807) is 6.07 Å². The summed E-state index contributed by atoms with van der Waals surface area (Å²) >= 11 is 6.17. The Morgan fingerprint density at radius 2 is 1.56 bits per heavy atom. The predicted molar refractivity (Wildman–Crippen MR) is 100 cm³/mol. The highest BCUT2D eigenvalue weighted by Gasteiger charge is 2.36. The van der Waals surface area contributed by atoms with Crippen LogP contribution in [0.1, 0.15) is 22.3 Å². The van der Waals surface area contributed by atoms with E-state index in [0.717, 1.165) is 27.2 Å². The van der Waals surface area contributed by atoms with Crippen LogP contribution < -0.4 is 5.32 Å². The fraction of sp³-hybridized carbons (Fsp3) is 0.200. The van der Waals surface area contributed by atoms with Gasteiger partial charge in [0.1, 0.15) is 5.70 Å². The number of nitrogens with zero attached hydrogens (tertiary/aromatic N) is 1. The molecule has 1 N–H and O–H groups in total. The number of rotatable bonds is 3. The van der Waals surface area contributed by atoms with Crippen LogP contribution in [0.4, 0.5) is 5.69 Å². The third kappa shape index (κ3) is 3.05. The number of likely N-dealkylation sites (N-methyl/N-ethyl adjacent to an activating group) is 1. The van der Waals surface area contributed by atoms with Crippen molar-refractivity contribution >= 4 is 34.7 Å². The zero-order chi connectivity index (χ0) is 18.3. The van der Waals surface area contributed by atoms with Crippen molar-refractivity contribution in [3.05, 3.63) is 69.4 Å². The largest absolute Gasteiger partial charge is 0.350 e. The summed E-state index contributed by atoms with van der Waals surface area (Å²) in [7, 11) is 1.49. The van der Waals surface area contributed by atoms with Crippen LogP contribution >= 0.6 is 11.6 Å². The second-order valence-corrected chi connectivity index (χ2v) is 6.71. The Hall–Kier alpha value is -2.59. The van der Waals surface area contributed by atoms with Crippen molar-refractivity contribution in [2.75, 3.05) is 12.4 Å². The SMILES string of the molecule is Cc1ccc(C2=C(Nc3ccc(C)c(Cl)c3)C(=O)N(C)C2=O)cc1C. The van der Waals surface area contributed by atoms with Crippen molar-refractivity contribution in [2.45, 2.75) is 20.8 Å². The summed E-state index contributed by atoms with van der Waals surface area (Å²) in [5.74, 6) is -0.663. The first-order valence-corrected chi connectivity index (χ1v) is 8.35. The van der Waals surface area contributed by atoms with E-state index in [1.165, 1.54) is 7.05 Å². The van der Waals surface area contributed by atoms with Gasteiger partial charge in [-0.3, -0.25) is 14.5 Å². The van der Waals surface area contributed by atoms with Crippen molar-refractivity contribution in [2.24, 2.45) is 0 Å². The van der Waals surface area contributed by atoms with Crippen molar-refractivity contribution in [1.82, 2.24) is 4.90 Å². The van der Waals surface area contributed by atoms with Gasteiger partial charge in [0, 0.05) is 17.8 Å². The second-order valence-electron chi connectivity index (χ2n) is 6.31. The standard InChI is InChI=1S/C20H19ClN2O2/c1-11-5-7-14(9-13(11)3)17-18(20(25)23(4)19(17)24)22-15-8-6-12(2)16(21)10-15/h5-10,22H,1-4H3. The quantitative estimate of drug-likeness (QED) is 0.845. The summed E-state index contributed by atoms with van der Waals surface area (Å²) in [6.07, 6.45) is 0. The van der Waals surface area contributed by atoms with E-state index in [-0.39, 0.29) is 17.5 Å². The summed E-state index contributed by atoms with van der Waals surface area (Å²) in [6, 6.07) is 11.2. The molecule has 0 aromatic heterocycles. The average Bonchev–Trinajstić information content (AvgIpc) is 2.78. The Balaban J connectivity index is 2.11. The molecular weight excluding hydrogens is 336 g/mol. The molecule has 1 aliphatic rings. The molecule has 0 fully saturated rings. The van der Waals surface area contributed by atoms with Gasteiger partial charge in [-0.2, -0.15) is 0 Å². The number of aryl methyl sites for hydroxylation is 3. The number of halogens is 1. The molecule has 1 heterocycles. The average molecular weight is 355 g/mol. The number of amides is 2. The predicted octanol–water partition coefficient (Wildman–Crippen LogP) is 4.09. The van der Waals surface area contributed by atoms with Crippen molar-refractivity contribution in [1.29, 1.82) is 0 Å². The van der Waals surface area contributed by atoms with Gasteiger partial charge in [-0.05, 0) is 55.2 Å². The van der Waals surface area contributed by atoms with Gasteiger partial charge in [-0.1, -0.05) is 35.9 Å². The van der Waals surface area contributed by atoms with Gasteiger partial charge in [0.25, 0.3) is 11.8 Å². The van der Waals surface area contributed by atoms with Crippen molar-refractivity contribution < 1.29 is 9.59 Å². The lowest BCUT2D eigenvalue weighted by molar-refractivity contribution is -0.135. The lowest BCUT2D eigenvalue weighted by atomic mass is 9.99. The highest BCUT2D eigenvalue weighted by molar-refractivity contribution is 6.36. The summed E-state index contributed by atoms with van der Waals surface area (Å²) in [4.78, 5) is 26.3. The molecule has 25 heavy (non-hydrogen) atoms. The molecule has 0 spiro atoms. The number of imide groups is 1. The Morgan fingerprint density at radius 3 is 2.20 bits per heavy atom. The first-order valence-electron chi connectivity index (χ1n) is 7.97. The molecule has 0 unspecified atom stereocenters. The molecule has 0 saturated carbocycles. The van der Waals surface area contributed by atoms with Crippen LogP contribution in [0, 0.1) is 20.8 Å². The summed E-state index contributed by atoms with van der Waals surface area (Å²) in [6.45, 7) is 5.90. The van der Waals surface area contributed by atoms with Crippen molar-refractivity contribution in [3.8, 4) is 0 Å². The number of carbonyl (C=O) groups excluding carboxylic acids is 2. The lowest BCUT2D eigenvalue weighted by Crippen LogP contribution is -2.27. The maximum Gasteiger partial charge on any atom is 0.277 e. The molecule has 0 radical (unpaired) electrons. The Labute approximate surface area is 152 Å². The molecule has 2 aromatic carbocycles. The maximum atomic E-state index is 12.6. The minimum Gasteiger partial charge on any atom is -0.350 e. The first kappa shape index (κ1) is 17.2. The number of carbonyl (C=O) groups is 2. The second kappa shape index (κ2) is 6.37. The monoisotopic (exact) mass is 354 g/mol. The fourth-order valence-corrected chi connectivity index (χ4v) is 2.92. The molecule has 4 nitrogen and oxygen atoms in total. The first-order chi connectivity index (χ1) is 11.8. The molecule has 3 rings (SSSR count). The van der Waals surface area contributed by atoms with Gasteiger partial charge in [0.05, 0.1) is 5.57 Å². The van der Waals surface area contributed by atoms with Crippen LogP contribution in [0.2, 0.25) is 5.02 Å². The van der Waals surface area contributed by atoms with Crippen LogP contribution in [0.3, 0.4) is 0 Å². The topological polar surface area (TPSA) is 49.4 Å². The minimum atomic E-state index is -0.352. The normalized spacial score (nSPS) is 14.5. The smallest absolute Gasteiger partial charge is 0.277 e.